The summed E-state index contributed by atoms with van der Waals surface area (Å²) in [5.74, 6) is 0. The highest BCUT2D eigenvalue weighted by molar-refractivity contribution is 8.00. The molecule has 1 nitrogen and oxygen atoms in total. The van der Waals surface area contributed by atoms with Crippen molar-refractivity contribution in [2.45, 2.75) is 37.8 Å². The van der Waals surface area contributed by atoms with Gasteiger partial charge in [0.15, 0.2) is 0 Å². The molecule has 0 unspecified atom stereocenters. The van der Waals surface area contributed by atoms with Gasteiger partial charge in [-0.25, -0.2) is 0 Å². The van der Waals surface area contributed by atoms with E-state index in [0.717, 1.165) is 12.8 Å². The van der Waals surface area contributed by atoms with Crippen molar-refractivity contribution in [2.24, 2.45) is 0 Å². The first-order valence-corrected chi connectivity index (χ1v) is 19.7. The zero-order chi connectivity index (χ0) is 34.2. The highest BCUT2D eigenvalue weighted by Gasteiger charge is 2.49. The lowest BCUT2D eigenvalue weighted by atomic mass is 9.63. The minimum absolute atomic E-state index is 0.481. The van der Waals surface area contributed by atoms with Crippen LogP contribution >= 0.6 is 23.5 Å². The van der Waals surface area contributed by atoms with Gasteiger partial charge in [0.2, 0.25) is 0 Å². The van der Waals surface area contributed by atoms with Gasteiger partial charge < -0.3 is 4.57 Å². The van der Waals surface area contributed by atoms with Crippen molar-refractivity contribution < 1.29 is 0 Å². The third kappa shape index (κ3) is 4.27. The molecule has 1 spiro atoms. The molecule has 246 valence electrons. The molecule has 0 fully saturated rings. The second kappa shape index (κ2) is 11.8. The van der Waals surface area contributed by atoms with Gasteiger partial charge in [-0.05, 0) is 106 Å². The number of rotatable bonds is 3. The van der Waals surface area contributed by atoms with Crippen LogP contribution in [0.15, 0.2) is 196 Å². The Bertz CT molecular complexity index is 2760. The zero-order valence-corrected chi connectivity index (χ0v) is 30.1. The number of para-hydroxylation sites is 2. The second-order valence-electron chi connectivity index (χ2n) is 13.9. The maximum absolute atomic E-state index is 2.51. The maximum atomic E-state index is 2.51. The van der Waals surface area contributed by atoms with Gasteiger partial charge >= 0.3 is 0 Å². The van der Waals surface area contributed by atoms with Crippen molar-refractivity contribution in [3.8, 4) is 16.8 Å². The van der Waals surface area contributed by atoms with Crippen LogP contribution in [0, 0.1) is 0 Å². The lowest BCUT2D eigenvalue weighted by molar-refractivity contribution is 0.667. The smallest absolute Gasteiger partial charge is 0.0745 e. The third-order valence-corrected chi connectivity index (χ3v) is 13.5. The molecule has 0 N–H and O–H groups in total. The van der Waals surface area contributed by atoms with E-state index in [9.17, 15) is 0 Å². The molecule has 8 aromatic rings. The predicted molar refractivity (Wildman–Crippen MR) is 219 cm³/mol. The van der Waals surface area contributed by atoms with Crippen molar-refractivity contribution >= 4 is 50.9 Å². The summed E-state index contributed by atoms with van der Waals surface area (Å²) in [7, 11) is 0. The molecule has 3 heterocycles. The molecule has 0 saturated heterocycles. The van der Waals surface area contributed by atoms with E-state index in [-0.39, 0.29) is 0 Å². The average Bonchev–Trinajstić information content (AvgIpc) is 3.56. The fourth-order valence-electron chi connectivity index (χ4n) is 9.00. The summed E-state index contributed by atoms with van der Waals surface area (Å²) < 4.78 is 2.42. The van der Waals surface area contributed by atoms with Gasteiger partial charge in [-0.3, -0.25) is 0 Å². The van der Waals surface area contributed by atoms with E-state index in [0.29, 0.717) is 0 Å². The standard InChI is InChI=1S/C49H33NS2/c1-3-15-32(16-4-1)33-29-30-46-41(31-33)49(38-22-8-11-27-44(38)51-45-28-12-9-23-39(45)49)40-24-13-21-36(48(40)52-46)35-20-14-26-43-47(35)37-19-7-10-25-42(37)50(43)34-17-5-2-6-18-34/h2-3,5-31H,1,4H2. The first kappa shape index (κ1) is 30.2. The van der Waals surface area contributed by atoms with Crippen molar-refractivity contribution in [1.29, 1.82) is 0 Å². The summed E-state index contributed by atoms with van der Waals surface area (Å²) in [5.41, 5.74) is 13.8. The highest BCUT2D eigenvalue weighted by Crippen LogP contribution is 2.63. The van der Waals surface area contributed by atoms with Crippen LogP contribution in [0.2, 0.25) is 0 Å². The molecule has 52 heavy (non-hydrogen) atoms. The molecule has 3 aliphatic rings. The maximum Gasteiger partial charge on any atom is 0.0745 e. The third-order valence-electron chi connectivity index (χ3n) is 11.1. The molecular weight excluding hydrogens is 667 g/mol. The number of hydrogen-bond acceptors (Lipinski definition) is 2. The van der Waals surface area contributed by atoms with Gasteiger partial charge in [0.05, 0.1) is 16.4 Å². The van der Waals surface area contributed by atoms with E-state index in [4.69, 9.17) is 0 Å². The van der Waals surface area contributed by atoms with Gasteiger partial charge in [0, 0.05) is 36.0 Å². The molecule has 7 aromatic carbocycles. The van der Waals surface area contributed by atoms with Crippen molar-refractivity contribution in [2.75, 3.05) is 0 Å². The van der Waals surface area contributed by atoms with E-state index < -0.39 is 5.41 Å². The Labute approximate surface area is 312 Å². The van der Waals surface area contributed by atoms with Crippen LogP contribution in [0.5, 0.6) is 0 Å². The number of nitrogens with zero attached hydrogens (tertiary/aromatic N) is 1. The Balaban J connectivity index is 1.24. The molecular formula is C49H33NS2. The molecule has 0 radical (unpaired) electrons. The van der Waals surface area contributed by atoms with Crippen LogP contribution in [-0.4, -0.2) is 4.57 Å². The van der Waals surface area contributed by atoms with E-state index >= 15 is 0 Å². The molecule has 3 heteroatoms. The summed E-state index contributed by atoms with van der Waals surface area (Å²) in [6.07, 6.45) is 9.23. The van der Waals surface area contributed by atoms with Crippen LogP contribution in [0.3, 0.4) is 0 Å². The number of aromatic nitrogens is 1. The normalized spacial score (nSPS) is 15.2. The lowest BCUT2D eigenvalue weighted by Gasteiger charge is -2.46. The lowest BCUT2D eigenvalue weighted by Crippen LogP contribution is -2.37. The van der Waals surface area contributed by atoms with E-state index in [1.54, 1.807) is 0 Å². The Kier molecular flexibility index (Phi) is 6.83. The first-order chi connectivity index (χ1) is 25.8. The topological polar surface area (TPSA) is 4.93 Å². The van der Waals surface area contributed by atoms with Gasteiger partial charge in [-0.2, -0.15) is 0 Å². The number of allylic oxidation sites excluding steroid dienone is 4. The largest absolute Gasteiger partial charge is 0.309 e. The summed E-state index contributed by atoms with van der Waals surface area (Å²) in [5, 5.41) is 2.57. The monoisotopic (exact) mass is 699 g/mol. The van der Waals surface area contributed by atoms with Crippen LogP contribution in [-0.2, 0) is 5.41 Å². The van der Waals surface area contributed by atoms with Crippen molar-refractivity contribution in [1.82, 2.24) is 4.57 Å². The SMILES string of the molecule is C1=CC(c2ccc3c(c2)C2(c4ccccc4Sc4ccccc42)c2cccc(-c4cccc5c4c4ccccc4n5-c4ccccc4)c2S3)=CCC1. The van der Waals surface area contributed by atoms with Gasteiger partial charge in [0.25, 0.3) is 0 Å². The molecule has 11 rings (SSSR count). The highest BCUT2D eigenvalue weighted by atomic mass is 32.2. The minimum atomic E-state index is -0.481. The van der Waals surface area contributed by atoms with Crippen molar-refractivity contribution in [3.05, 3.63) is 204 Å². The molecule has 0 saturated carbocycles. The molecule has 0 atom stereocenters. The quantitative estimate of drug-likeness (QED) is 0.181. The predicted octanol–water partition coefficient (Wildman–Crippen LogP) is 13.5. The van der Waals surface area contributed by atoms with Crippen LogP contribution in [0.25, 0.3) is 44.2 Å². The Morgan fingerprint density at radius 2 is 1.17 bits per heavy atom. The molecule has 2 aliphatic heterocycles. The second-order valence-corrected chi connectivity index (χ2v) is 16.0. The first-order valence-electron chi connectivity index (χ1n) is 18.1. The Morgan fingerprint density at radius 1 is 0.500 bits per heavy atom. The molecule has 0 amide bonds. The summed E-state index contributed by atoms with van der Waals surface area (Å²) in [4.78, 5) is 5.30. The number of hydrogen-bond donors (Lipinski definition) is 0. The molecule has 1 aliphatic carbocycles. The summed E-state index contributed by atoms with van der Waals surface area (Å²) >= 11 is 3.85. The summed E-state index contributed by atoms with van der Waals surface area (Å²) in [6.45, 7) is 0. The minimum Gasteiger partial charge on any atom is -0.309 e. The van der Waals surface area contributed by atoms with Crippen molar-refractivity contribution in [3.63, 3.8) is 0 Å². The van der Waals surface area contributed by atoms with Crippen LogP contribution in [0.4, 0.5) is 0 Å². The zero-order valence-electron chi connectivity index (χ0n) is 28.4. The summed E-state index contributed by atoms with van der Waals surface area (Å²) in [6, 6.07) is 59.1. The van der Waals surface area contributed by atoms with E-state index in [2.05, 4.69) is 181 Å². The Hall–Kier alpha value is -5.48. The van der Waals surface area contributed by atoms with E-state index in [1.807, 2.05) is 23.5 Å². The van der Waals surface area contributed by atoms with Gasteiger partial charge in [-0.1, -0.05) is 151 Å². The number of fused-ring (bicyclic) bond motifs is 11. The Morgan fingerprint density at radius 3 is 1.98 bits per heavy atom. The van der Waals surface area contributed by atoms with Gasteiger partial charge in [0.1, 0.15) is 0 Å². The fraction of sp³-hybridized carbons (Fsp3) is 0.0612. The fourth-order valence-corrected chi connectivity index (χ4v) is 11.5. The van der Waals surface area contributed by atoms with Gasteiger partial charge in [-0.15, -0.1) is 0 Å². The van der Waals surface area contributed by atoms with Crippen LogP contribution in [0.1, 0.15) is 40.7 Å². The number of benzene rings is 7. The average molecular weight is 700 g/mol. The molecule has 0 bridgehead atoms. The van der Waals surface area contributed by atoms with Crippen LogP contribution < -0.4 is 0 Å². The molecule has 1 aromatic heterocycles. The van der Waals surface area contributed by atoms with E-state index in [1.165, 1.54) is 91.6 Å².